The van der Waals surface area contributed by atoms with E-state index in [4.69, 9.17) is 0 Å². The maximum absolute atomic E-state index is 11.8. The Morgan fingerprint density at radius 2 is 2.06 bits per heavy atom. The van der Waals surface area contributed by atoms with E-state index < -0.39 is 13.0 Å². The third kappa shape index (κ3) is 5.76. The van der Waals surface area contributed by atoms with Crippen molar-refractivity contribution in [1.29, 1.82) is 0 Å². The Morgan fingerprint density at radius 3 is 2.67 bits per heavy atom. The topological polar surface area (TPSA) is 38.3 Å². The quantitative estimate of drug-likeness (QED) is 0.748. The van der Waals surface area contributed by atoms with Gasteiger partial charge in [-0.3, -0.25) is 4.79 Å². The van der Waals surface area contributed by atoms with E-state index in [2.05, 4.69) is 23.9 Å². The number of alkyl halides is 2. The van der Waals surface area contributed by atoms with Gasteiger partial charge in [0.15, 0.2) is 0 Å². The van der Waals surface area contributed by atoms with E-state index >= 15 is 0 Å². The molecule has 3 nitrogen and oxygen atoms in total. The molecule has 0 spiro atoms. The van der Waals surface area contributed by atoms with Gasteiger partial charge in [0.05, 0.1) is 6.61 Å². The molecule has 1 saturated carbocycles. The van der Waals surface area contributed by atoms with Gasteiger partial charge >= 0.3 is 0 Å². The minimum absolute atomic E-state index is 0.0643. The van der Waals surface area contributed by atoms with Crippen molar-refractivity contribution in [3.05, 3.63) is 0 Å². The normalized spacial score (nSPS) is 28.4. The van der Waals surface area contributed by atoms with Gasteiger partial charge in [-0.25, -0.2) is 8.78 Å². The summed E-state index contributed by atoms with van der Waals surface area (Å²) in [5, 5.41) is 2.95. The van der Waals surface area contributed by atoms with Crippen LogP contribution in [0.1, 0.15) is 39.5 Å². The van der Waals surface area contributed by atoms with Crippen LogP contribution in [0.25, 0.3) is 0 Å². The Hall–Kier alpha value is -0.710. The highest BCUT2D eigenvalue weighted by Crippen LogP contribution is 2.29. The van der Waals surface area contributed by atoms with Crippen molar-refractivity contribution in [3.63, 3.8) is 0 Å². The van der Waals surface area contributed by atoms with Crippen molar-refractivity contribution in [1.82, 2.24) is 5.32 Å². The molecule has 1 rings (SSSR count). The molecule has 1 N–H and O–H groups in total. The second kappa shape index (κ2) is 7.67. The molecule has 0 aromatic carbocycles. The van der Waals surface area contributed by atoms with Crippen LogP contribution in [0, 0.1) is 11.8 Å². The van der Waals surface area contributed by atoms with Crippen LogP contribution in [-0.2, 0) is 9.53 Å². The van der Waals surface area contributed by atoms with Gasteiger partial charge < -0.3 is 10.1 Å². The molecule has 0 unspecified atom stereocenters. The molecule has 0 aliphatic heterocycles. The Bertz CT molecular complexity index is 261. The summed E-state index contributed by atoms with van der Waals surface area (Å²) in [6.45, 7) is 3.91. The maximum atomic E-state index is 11.8. The molecule has 0 saturated heterocycles. The number of carbonyl (C=O) groups is 1. The van der Waals surface area contributed by atoms with E-state index in [9.17, 15) is 13.6 Å². The molecule has 18 heavy (non-hydrogen) atoms. The largest absolute Gasteiger partial charge is 0.375 e. The molecule has 1 aliphatic carbocycles. The smallest absolute Gasteiger partial charge is 0.261 e. The summed E-state index contributed by atoms with van der Waals surface area (Å²) in [7, 11) is 0. The predicted molar refractivity (Wildman–Crippen MR) is 65.5 cm³/mol. The van der Waals surface area contributed by atoms with E-state index in [0.29, 0.717) is 11.8 Å². The lowest BCUT2D eigenvalue weighted by Gasteiger charge is -2.32. The van der Waals surface area contributed by atoms with E-state index in [-0.39, 0.29) is 25.0 Å². The zero-order valence-corrected chi connectivity index (χ0v) is 11.1. The molecule has 1 aliphatic rings. The summed E-state index contributed by atoms with van der Waals surface area (Å²) in [6, 6.07) is 0.235. The van der Waals surface area contributed by atoms with Crippen molar-refractivity contribution in [2.45, 2.75) is 52.0 Å². The fourth-order valence-electron chi connectivity index (χ4n) is 2.32. The zero-order chi connectivity index (χ0) is 13.5. The third-order valence-corrected chi connectivity index (χ3v) is 3.68. The molecule has 3 atom stereocenters. The van der Waals surface area contributed by atoms with Gasteiger partial charge in [-0.1, -0.05) is 13.8 Å². The minimum Gasteiger partial charge on any atom is -0.375 e. The molecule has 106 valence electrons. The molecule has 0 aromatic heterocycles. The Balaban J connectivity index is 2.12. The molecule has 0 aromatic rings. The summed E-state index contributed by atoms with van der Waals surface area (Å²) in [6.07, 6.45) is 0.843. The van der Waals surface area contributed by atoms with Gasteiger partial charge in [-0.05, 0) is 31.1 Å². The number of ether oxygens (including phenoxy) is 1. The SMILES string of the molecule is C[C@@H]1CC[C@@H](NC(=O)CCOCC(F)F)C[C@H]1C. The van der Waals surface area contributed by atoms with Crippen LogP contribution in [0.4, 0.5) is 8.78 Å². The second-order valence-corrected chi connectivity index (χ2v) is 5.25. The molecule has 0 bridgehead atoms. The number of rotatable bonds is 6. The number of amides is 1. The van der Waals surface area contributed by atoms with Crippen molar-refractivity contribution >= 4 is 5.91 Å². The number of hydrogen-bond acceptors (Lipinski definition) is 2. The maximum Gasteiger partial charge on any atom is 0.261 e. The van der Waals surface area contributed by atoms with Gasteiger partial charge in [-0.15, -0.1) is 0 Å². The van der Waals surface area contributed by atoms with Gasteiger partial charge in [-0.2, -0.15) is 0 Å². The van der Waals surface area contributed by atoms with Crippen LogP contribution in [-0.4, -0.2) is 31.6 Å². The first-order valence-electron chi connectivity index (χ1n) is 6.64. The molecule has 1 amide bonds. The summed E-state index contributed by atoms with van der Waals surface area (Å²) >= 11 is 0. The fourth-order valence-corrected chi connectivity index (χ4v) is 2.32. The first-order chi connectivity index (χ1) is 8.49. The molecular weight excluding hydrogens is 240 g/mol. The van der Waals surface area contributed by atoms with Crippen LogP contribution in [0.15, 0.2) is 0 Å². The lowest BCUT2D eigenvalue weighted by Crippen LogP contribution is -2.40. The van der Waals surface area contributed by atoms with Gasteiger partial charge in [0.1, 0.15) is 6.61 Å². The summed E-state index contributed by atoms with van der Waals surface area (Å²) in [5.41, 5.74) is 0. The molecule has 0 heterocycles. The van der Waals surface area contributed by atoms with Crippen molar-refractivity contribution in [2.75, 3.05) is 13.2 Å². The van der Waals surface area contributed by atoms with E-state index in [1.807, 2.05) is 0 Å². The van der Waals surface area contributed by atoms with E-state index in [1.54, 1.807) is 0 Å². The van der Waals surface area contributed by atoms with Crippen LogP contribution in [0.2, 0.25) is 0 Å². The Labute approximate surface area is 107 Å². The summed E-state index contributed by atoms with van der Waals surface area (Å²) < 4.78 is 28.3. The Kier molecular flexibility index (Phi) is 6.54. The zero-order valence-electron chi connectivity index (χ0n) is 11.1. The highest BCUT2D eigenvalue weighted by atomic mass is 19.3. The predicted octanol–water partition coefficient (Wildman–Crippen LogP) is 2.60. The minimum atomic E-state index is -2.46. The first-order valence-corrected chi connectivity index (χ1v) is 6.64. The first kappa shape index (κ1) is 15.3. The van der Waals surface area contributed by atoms with E-state index in [0.717, 1.165) is 19.3 Å². The van der Waals surface area contributed by atoms with Crippen LogP contribution in [0.5, 0.6) is 0 Å². The number of halogens is 2. The number of carbonyl (C=O) groups excluding carboxylic acids is 1. The van der Waals surface area contributed by atoms with Crippen molar-refractivity contribution in [2.24, 2.45) is 11.8 Å². The highest BCUT2D eigenvalue weighted by Gasteiger charge is 2.25. The summed E-state index contributed by atoms with van der Waals surface area (Å²) in [5.74, 6) is 1.24. The molecule has 5 heteroatoms. The fraction of sp³-hybridized carbons (Fsp3) is 0.923. The average molecular weight is 263 g/mol. The lowest BCUT2D eigenvalue weighted by atomic mass is 9.79. The van der Waals surface area contributed by atoms with Crippen LogP contribution in [0.3, 0.4) is 0 Å². The van der Waals surface area contributed by atoms with Crippen molar-refractivity contribution in [3.8, 4) is 0 Å². The Morgan fingerprint density at radius 1 is 1.33 bits per heavy atom. The van der Waals surface area contributed by atoms with Gasteiger partial charge in [0.2, 0.25) is 5.91 Å². The number of hydrogen-bond donors (Lipinski definition) is 1. The average Bonchev–Trinajstić information content (AvgIpc) is 2.29. The van der Waals surface area contributed by atoms with Gasteiger partial charge in [0, 0.05) is 12.5 Å². The standard InChI is InChI=1S/C13H23F2NO2/c1-9-3-4-11(7-10(9)2)16-13(17)5-6-18-8-12(14)15/h9-12H,3-8H2,1-2H3,(H,16,17)/t9-,10-,11-/m1/s1. The lowest BCUT2D eigenvalue weighted by molar-refractivity contribution is -0.123. The third-order valence-electron chi connectivity index (χ3n) is 3.68. The van der Waals surface area contributed by atoms with Crippen molar-refractivity contribution < 1.29 is 18.3 Å². The van der Waals surface area contributed by atoms with Crippen LogP contribution >= 0.6 is 0 Å². The van der Waals surface area contributed by atoms with E-state index in [1.165, 1.54) is 0 Å². The summed E-state index contributed by atoms with van der Waals surface area (Å²) in [4.78, 5) is 11.6. The molecular formula is C13H23F2NO2. The molecule has 1 fully saturated rings. The highest BCUT2D eigenvalue weighted by molar-refractivity contribution is 5.76. The van der Waals surface area contributed by atoms with Gasteiger partial charge in [0.25, 0.3) is 6.43 Å². The second-order valence-electron chi connectivity index (χ2n) is 5.25. The van der Waals surface area contributed by atoms with Crippen LogP contribution < -0.4 is 5.32 Å². The number of nitrogens with one attached hydrogen (secondary N) is 1. The monoisotopic (exact) mass is 263 g/mol. The molecule has 0 radical (unpaired) electrons.